The Hall–Kier alpha value is -0.570. The van der Waals surface area contributed by atoms with E-state index in [0.717, 1.165) is 62.7 Å². The highest BCUT2D eigenvalue weighted by molar-refractivity contribution is 5.78. The predicted octanol–water partition coefficient (Wildman–Crippen LogP) is 3.84. The van der Waals surface area contributed by atoms with Crippen molar-refractivity contribution < 1.29 is 15.0 Å². The third-order valence-electron chi connectivity index (χ3n) is 9.75. The van der Waals surface area contributed by atoms with E-state index in [0.29, 0.717) is 11.8 Å². The van der Waals surface area contributed by atoms with Gasteiger partial charge in [0, 0.05) is 5.41 Å². The van der Waals surface area contributed by atoms with Crippen molar-refractivity contribution in [3.63, 3.8) is 0 Å². The molecule has 0 radical (unpaired) electrons. The van der Waals surface area contributed by atoms with Crippen molar-refractivity contribution in [2.24, 2.45) is 46.3 Å². The van der Waals surface area contributed by atoms with Gasteiger partial charge in [-0.2, -0.15) is 0 Å². The second-order valence-corrected chi connectivity index (χ2v) is 10.9. The van der Waals surface area contributed by atoms with Crippen LogP contribution in [-0.2, 0) is 4.79 Å². The Balaban J connectivity index is 1.52. The van der Waals surface area contributed by atoms with Crippen LogP contribution in [0.5, 0.6) is 0 Å². The van der Waals surface area contributed by atoms with Crippen LogP contribution in [0.25, 0.3) is 0 Å². The molecule has 0 aromatic rings. The molecule has 3 nitrogen and oxygen atoms in total. The zero-order valence-electron chi connectivity index (χ0n) is 14.5. The van der Waals surface area contributed by atoms with Crippen molar-refractivity contribution in [2.75, 3.05) is 0 Å². The topological polar surface area (TPSA) is 57.5 Å². The fourth-order valence-electron chi connectivity index (χ4n) is 9.87. The Kier molecular flexibility index (Phi) is 2.56. The number of hydrogen-bond donors (Lipinski definition) is 2. The molecule has 3 atom stereocenters. The molecule has 8 aliphatic carbocycles. The molecular weight excluding hydrogens is 300 g/mol. The van der Waals surface area contributed by atoms with E-state index in [1.165, 1.54) is 25.7 Å². The van der Waals surface area contributed by atoms with Gasteiger partial charge >= 0.3 is 5.97 Å². The Morgan fingerprint density at radius 1 is 0.708 bits per heavy atom. The molecule has 0 aromatic heterocycles. The van der Waals surface area contributed by atoms with E-state index >= 15 is 0 Å². The summed E-state index contributed by atoms with van der Waals surface area (Å²) >= 11 is 0. The maximum absolute atomic E-state index is 12.6. The third kappa shape index (κ3) is 1.45. The lowest BCUT2D eigenvalue weighted by Crippen LogP contribution is -2.75. The summed E-state index contributed by atoms with van der Waals surface area (Å²) in [5.41, 5.74) is -1.82. The number of aliphatic carboxylic acids is 1. The lowest BCUT2D eigenvalue weighted by Gasteiger charge is -2.73. The summed E-state index contributed by atoms with van der Waals surface area (Å²) in [4.78, 5) is 12.6. The molecule has 3 unspecified atom stereocenters. The van der Waals surface area contributed by atoms with Crippen LogP contribution < -0.4 is 0 Å². The van der Waals surface area contributed by atoms with Crippen LogP contribution in [0.3, 0.4) is 0 Å². The minimum Gasteiger partial charge on any atom is -0.481 e. The first-order valence-electron chi connectivity index (χ1n) is 10.4. The van der Waals surface area contributed by atoms with Gasteiger partial charge in [0.2, 0.25) is 0 Å². The molecule has 8 fully saturated rings. The molecule has 24 heavy (non-hydrogen) atoms. The second kappa shape index (κ2) is 4.22. The zero-order chi connectivity index (χ0) is 16.3. The van der Waals surface area contributed by atoms with Gasteiger partial charge in [0.05, 0.1) is 11.0 Å². The predicted molar refractivity (Wildman–Crippen MR) is 89.2 cm³/mol. The summed E-state index contributed by atoms with van der Waals surface area (Å²) < 4.78 is 0. The van der Waals surface area contributed by atoms with Gasteiger partial charge in [-0.1, -0.05) is 0 Å². The van der Waals surface area contributed by atoms with E-state index in [2.05, 4.69) is 0 Å². The Morgan fingerprint density at radius 3 is 1.54 bits per heavy atom. The van der Waals surface area contributed by atoms with Gasteiger partial charge < -0.3 is 10.2 Å². The van der Waals surface area contributed by atoms with Crippen molar-refractivity contribution in [3.8, 4) is 0 Å². The fourth-order valence-corrected chi connectivity index (χ4v) is 9.87. The number of hydrogen-bond acceptors (Lipinski definition) is 2. The second-order valence-electron chi connectivity index (χ2n) is 10.9. The van der Waals surface area contributed by atoms with E-state index in [4.69, 9.17) is 0 Å². The molecule has 0 amide bonds. The highest BCUT2D eigenvalue weighted by atomic mass is 16.4. The van der Waals surface area contributed by atoms with E-state index in [9.17, 15) is 15.0 Å². The minimum atomic E-state index is -0.921. The molecule has 8 aliphatic rings. The van der Waals surface area contributed by atoms with Crippen molar-refractivity contribution in [1.82, 2.24) is 0 Å². The third-order valence-corrected chi connectivity index (χ3v) is 9.75. The Labute approximate surface area is 144 Å². The molecule has 0 aliphatic heterocycles. The summed E-state index contributed by atoms with van der Waals surface area (Å²) in [6, 6.07) is 0. The van der Waals surface area contributed by atoms with Crippen LogP contribution in [0.1, 0.15) is 70.6 Å². The van der Waals surface area contributed by atoms with Crippen molar-refractivity contribution in [3.05, 3.63) is 0 Å². The largest absolute Gasteiger partial charge is 0.481 e. The average molecular weight is 330 g/mol. The van der Waals surface area contributed by atoms with Crippen molar-refractivity contribution in [1.29, 1.82) is 0 Å². The molecule has 0 spiro atoms. The molecule has 0 heterocycles. The van der Waals surface area contributed by atoms with E-state index in [1.54, 1.807) is 0 Å². The summed E-state index contributed by atoms with van der Waals surface area (Å²) in [6.45, 7) is 0. The molecule has 2 N–H and O–H groups in total. The van der Waals surface area contributed by atoms with Crippen LogP contribution in [-0.4, -0.2) is 21.8 Å². The lowest BCUT2D eigenvalue weighted by molar-refractivity contribution is -0.307. The van der Waals surface area contributed by atoms with Crippen LogP contribution in [0.15, 0.2) is 0 Å². The van der Waals surface area contributed by atoms with Gasteiger partial charge in [-0.3, -0.25) is 4.79 Å². The molecule has 0 aromatic carbocycles. The standard InChI is InChI=1S/C21H30O3/c22-18(23)20-10-15-4-16(11-20)6-17(5-15)21(20,24)19-7-12-1-13(8-19)3-14(2-12)9-19/h12-17,24H,1-11H2,(H,22,23). The molecular formula is C21H30O3. The maximum atomic E-state index is 12.6. The van der Waals surface area contributed by atoms with E-state index < -0.39 is 17.0 Å². The van der Waals surface area contributed by atoms with Crippen LogP contribution in [0.4, 0.5) is 0 Å². The molecule has 0 saturated heterocycles. The van der Waals surface area contributed by atoms with E-state index in [-0.39, 0.29) is 11.3 Å². The van der Waals surface area contributed by atoms with Crippen molar-refractivity contribution in [2.45, 2.75) is 76.2 Å². The number of carboxylic acid groups (broad SMARTS) is 1. The number of rotatable bonds is 2. The van der Waals surface area contributed by atoms with Crippen LogP contribution in [0.2, 0.25) is 0 Å². The van der Waals surface area contributed by atoms with Crippen molar-refractivity contribution >= 4 is 5.97 Å². The molecule has 132 valence electrons. The van der Waals surface area contributed by atoms with Gasteiger partial charge in [-0.05, 0) is 106 Å². The first-order valence-corrected chi connectivity index (χ1v) is 10.4. The summed E-state index contributed by atoms with van der Waals surface area (Å²) in [5, 5.41) is 22.8. The van der Waals surface area contributed by atoms with E-state index in [1.807, 2.05) is 0 Å². The van der Waals surface area contributed by atoms with Crippen LogP contribution in [0, 0.1) is 46.3 Å². The smallest absolute Gasteiger partial charge is 0.312 e. The summed E-state index contributed by atoms with van der Waals surface area (Å²) in [5.74, 6) is 3.02. The zero-order valence-corrected chi connectivity index (χ0v) is 14.5. The fraction of sp³-hybridized carbons (Fsp3) is 0.952. The first-order chi connectivity index (χ1) is 11.4. The normalized spacial score (nSPS) is 63.0. The lowest BCUT2D eigenvalue weighted by atomic mass is 9.33. The number of aliphatic hydroxyl groups is 1. The summed E-state index contributed by atoms with van der Waals surface area (Å²) in [6.07, 6.45) is 12.4. The minimum absolute atomic E-state index is 0.0713. The number of carbonyl (C=O) groups is 1. The Bertz CT molecular complexity index is 561. The van der Waals surface area contributed by atoms with Gasteiger partial charge in [-0.15, -0.1) is 0 Å². The monoisotopic (exact) mass is 330 g/mol. The Morgan fingerprint density at radius 2 is 1.12 bits per heavy atom. The highest BCUT2D eigenvalue weighted by Gasteiger charge is 2.76. The van der Waals surface area contributed by atoms with Gasteiger partial charge in [0.1, 0.15) is 0 Å². The van der Waals surface area contributed by atoms with Crippen LogP contribution >= 0.6 is 0 Å². The summed E-state index contributed by atoms with van der Waals surface area (Å²) in [7, 11) is 0. The molecule has 8 bridgehead atoms. The molecule has 8 rings (SSSR count). The van der Waals surface area contributed by atoms with Gasteiger partial charge in [-0.25, -0.2) is 0 Å². The maximum Gasteiger partial charge on any atom is 0.312 e. The molecule has 8 saturated carbocycles. The number of carboxylic acids is 1. The highest BCUT2D eigenvalue weighted by Crippen LogP contribution is 2.75. The molecule has 3 heteroatoms. The van der Waals surface area contributed by atoms with Gasteiger partial charge in [0.25, 0.3) is 0 Å². The quantitative estimate of drug-likeness (QED) is 0.808. The SMILES string of the molecule is O=C(O)C12CC3CC(CC(C3)C1(O)C13CC4CC(CC(C4)C1)C3)C2. The average Bonchev–Trinajstić information content (AvgIpc) is 2.50. The first kappa shape index (κ1) is 14.6. The van der Waals surface area contributed by atoms with Gasteiger partial charge in [0.15, 0.2) is 0 Å².